The van der Waals surface area contributed by atoms with Crippen LogP contribution in [0.25, 0.3) is 10.9 Å². The molecule has 1 aliphatic heterocycles. The van der Waals surface area contributed by atoms with E-state index in [1.165, 1.54) is 11.1 Å². The predicted molar refractivity (Wildman–Crippen MR) is 69.7 cm³/mol. The molecule has 4 heteroatoms. The molecule has 2 aromatic rings. The largest absolute Gasteiger partial charge is 0.480 e. The van der Waals surface area contributed by atoms with Crippen LogP contribution in [0.5, 0.6) is 0 Å². The highest BCUT2D eigenvalue weighted by Crippen LogP contribution is 2.32. The zero-order valence-corrected chi connectivity index (χ0v) is 10.3. The van der Waals surface area contributed by atoms with E-state index < -0.39 is 12.0 Å². The Kier molecular flexibility index (Phi) is 2.59. The van der Waals surface area contributed by atoms with Crippen molar-refractivity contribution in [3.8, 4) is 0 Å². The number of rotatable bonds is 3. The lowest BCUT2D eigenvalue weighted by Gasteiger charge is -2.14. The molecule has 1 unspecified atom stereocenters. The highest BCUT2D eigenvalue weighted by atomic mass is 16.4. The van der Waals surface area contributed by atoms with E-state index in [1.54, 1.807) is 7.05 Å². The van der Waals surface area contributed by atoms with Crippen LogP contribution in [0.3, 0.4) is 0 Å². The van der Waals surface area contributed by atoms with Crippen molar-refractivity contribution in [1.29, 1.82) is 0 Å². The number of aromatic nitrogens is 1. The number of hydrogen-bond acceptors (Lipinski definition) is 2. The predicted octanol–water partition coefficient (Wildman–Crippen LogP) is 1.93. The van der Waals surface area contributed by atoms with E-state index in [1.807, 2.05) is 18.3 Å². The number of hydrogen-bond donors (Lipinski definition) is 2. The van der Waals surface area contributed by atoms with Crippen molar-refractivity contribution >= 4 is 16.9 Å². The van der Waals surface area contributed by atoms with Crippen LogP contribution in [0.15, 0.2) is 24.4 Å². The number of benzene rings is 1. The van der Waals surface area contributed by atoms with Gasteiger partial charge >= 0.3 is 5.97 Å². The second kappa shape index (κ2) is 4.14. The molecule has 2 heterocycles. The Morgan fingerprint density at radius 1 is 1.50 bits per heavy atom. The van der Waals surface area contributed by atoms with Gasteiger partial charge in [0.1, 0.15) is 6.04 Å². The van der Waals surface area contributed by atoms with Crippen LogP contribution < -0.4 is 5.32 Å². The third kappa shape index (κ3) is 1.53. The molecule has 1 aliphatic rings. The lowest BCUT2D eigenvalue weighted by atomic mass is 10.0. The first-order chi connectivity index (χ1) is 8.72. The second-order valence-electron chi connectivity index (χ2n) is 4.75. The number of likely N-dealkylation sites (N-methyl/N-ethyl adjacent to an activating group) is 1. The molecule has 18 heavy (non-hydrogen) atoms. The fourth-order valence-corrected chi connectivity index (χ4v) is 2.93. The summed E-state index contributed by atoms with van der Waals surface area (Å²) in [6.07, 6.45) is 4.19. The Balaban J connectivity index is 2.26. The quantitative estimate of drug-likeness (QED) is 0.867. The van der Waals surface area contributed by atoms with Gasteiger partial charge in [0.15, 0.2) is 0 Å². The molecule has 2 N–H and O–H groups in total. The minimum atomic E-state index is -0.832. The Morgan fingerprint density at radius 3 is 3.06 bits per heavy atom. The standard InChI is InChI=1S/C14H16N2O2/c1-15-12(14(17)18)11-8-16-7-3-5-9-4-2-6-10(11)13(9)16/h2,4,6,8,12,15H,3,5,7H2,1H3,(H,17,18). The van der Waals surface area contributed by atoms with E-state index in [9.17, 15) is 9.90 Å². The van der Waals surface area contributed by atoms with Gasteiger partial charge in [-0.2, -0.15) is 0 Å². The molecule has 3 rings (SSSR count). The summed E-state index contributed by atoms with van der Waals surface area (Å²) in [5.41, 5.74) is 3.40. The van der Waals surface area contributed by atoms with Crippen molar-refractivity contribution in [1.82, 2.24) is 9.88 Å². The Bertz CT molecular complexity index is 616. The zero-order chi connectivity index (χ0) is 12.7. The van der Waals surface area contributed by atoms with Crippen LogP contribution >= 0.6 is 0 Å². The van der Waals surface area contributed by atoms with Gasteiger partial charge in [0.05, 0.1) is 5.52 Å². The normalized spacial score (nSPS) is 15.8. The van der Waals surface area contributed by atoms with Crippen molar-refractivity contribution in [2.75, 3.05) is 7.05 Å². The van der Waals surface area contributed by atoms with E-state index in [4.69, 9.17) is 0 Å². The molecule has 0 saturated heterocycles. The molecule has 0 saturated carbocycles. The lowest BCUT2D eigenvalue weighted by Crippen LogP contribution is -2.24. The fourth-order valence-electron chi connectivity index (χ4n) is 2.93. The number of nitrogens with zero attached hydrogens (tertiary/aromatic N) is 1. The summed E-state index contributed by atoms with van der Waals surface area (Å²) in [4.78, 5) is 11.3. The lowest BCUT2D eigenvalue weighted by molar-refractivity contribution is -0.139. The molecule has 94 valence electrons. The summed E-state index contributed by atoms with van der Waals surface area (Å²) in [7, 11) is 1.69. The van der Waals surface area contributed by atoms with Gasteiger partial charge < -0.3 is 15.0 Å². The average molecular weight is 244 g/mol. The zero-order valence-electron chi connectivity index (χ0n) is 10.3. The Morgan fingerprint density at radius 2 is 2.33 bits per heavy atom. The Hall–Kier alpha value is -1.81. The molecular weight excluding hydrogens is 228 g/mol. The van der Waals surface area contributed by atoms with Gasteiger partial charge in [0.2, 0.25) is 0 Å². The maximum Gasteiger partial charge on any atom is 0.325 e. The topological polar surface area (TPSA) is 54.3 Å². The number of nitrogens with one attached hydrogen (secondary N) is 1. The number of aliphatic carboxylic acids is 1. The SMILES string of the molecule is CNC(C(=O)O)c1cn2c3c(cccc13)CCC2. The van der Waals surface area contributed by atoms with Gasteiger partial charge in [-0.25, -0.2) is 0 Å². The van der Waals surface area contributed by atoms with E-state index in [2.05, 4.69) is 16.0 Å². The molecule has 0 bridgehead atoms. The fraction of sp³-hybridized carbons (Fsp3) is 0.357. The minimum absolute atomic E-state index is 0.637. The van der Waals surface area contributed by atoms with Crippen LogP contribution in [-0.2, 0) is 17.8 Å². The van der Waals surface area contributed by atoms with Crippen LogP contribution in [0.2, 0.25) is 0 Å². The van der Waals surface area contributed by atoms with Crippen molar-refractivity contribution in [2.45, 2.75) is 25.4 Å². The van der Waals surface area contributed by atoms with Crippen molar-refractivity contribution in [3.05, 3.63) is 35.5 Å². The van der Waals surface area contributed by atoms with Crippen molar-refractivity contribution in [2.24, 2.45) is 0 Å². The molecule has 0 spiro atoms. The van der Waals surface area contributed by atoms with Gasteiger partial charge in [0, 0.05) is 23.7 Å². The Labute approximate surface area is 105 Å². The van der Waals surface area contributed by atoms with Crippen molar-refractivity contribution < 1.29 is 9.90 Å². The first kappa shape index (κ1) is 11.3. The molecule has 4 nitrogen and oxygen atoms in total. The second-order valence-corrected chi connectivity index (χ2v) is 4.75. The van der Waals surface area contributed by atoms with Crippen LogP contribution in [0.4, 0.5) is 0 Å². The van der Waals surface area contributed by atoms with Crippen LogP contribution in [0, 0.1) is 0 Å². The number of carboxylic acid groups (broad SMARTS) is 1. The number of aryl methyl sites for hydroxylation is 2. The molecule has 0 amide bonds. The summed E-state index contributed by atoms with van der Waals surface area (Å²) in [6.45, 7) is 0.976. The molecule has 1 aromatic carbocycles. The molecule has 0 fully saturated rings. The third-order valence-electron chi connectivity index (χ3n) is 3.70. The van der Waals surface area contributed by atoms with Gasteiger partial charge in [0.25, 0.3) is 0 Å². The summed E-state index contributed by atoms with van der Waals surface area (Å²) in [5, 5.41) is 13.2. The average Bonchev–Trinajstić information content (AvgIpc) is 2.72. The summed E-state index contributed by atoms with van der Waals surface area (Å²) < 4.78 is 2.19. The molecule has 0 radical (unpaired) electrons. The highest BCUT2D eigenvalue weighted by molar-refractivity contribution is 5.91. The van der Waals surface area contributed by atoms with Crippen LogP contribution in [0.1, 0.15) is 23.6 Å². The number of para-hydroxylation sites is 1. The summed E-state index contributed by atoms with van der Waals surface area (Å²) in [5.74, 6) is -0.832. The first-order valence-electron chi connectivity index (χ1n) is 6.23. The molecular formula is C14H16N2O2. The van der Waals surface area contributed by atoms with Gasteiger partial charge in [-0.3, -0.25) is 4.79 Å². The van der Waals surface area contributed by atoms with E-state index in [-0.39, 0.29) is 0 Å². The minimum Gasteiger partial charge on any atom is -0.480 e. The molecule has 1 aromatic heterocycles. The van der Waals surface area contributed by atoms with E-state index in [0.717, 1.165) is 30.3 Å². The maximum absolute atomic E-state index is 11.3. The maximum atomic E-state index is 11.3. The van der Waals surface area contributed by atoms with Gasteiger partial charge in [-0.15, -0.1) is 0 Å². The first-order valence-corrected chi connectivity index (χ1v) is 6.23. The summed E-state index contributed by atoms with van der Waals surface area (Å²) >= 11 is 0. The molecule has 1 atom stereocenters. The summed E-state index contributed by atoms with van der Waals surface area (Å²) in [6, 6.07) is 5.54. The number of carbonyl (C=O) groups is 1. The monoisotopic (exact) mass is 244 g/mol. The van der Waals surface area contributed by atoms with Crippen molar-refractivity contribution in [3.63, 3.8) is 0 Å². The highest BCUT2D eigenvalue weighted by Gasteiger charge is 2.24. The van der Waals surface area contributed by atoms with E-state index >= 15 is 0 Å². The van der Waals surface area contributed by atoms with Crippen LogP contribution in [-0.4, -0.2) is 22.7 Å². The third-order valence-corrected chi connectivity index (χ3v) is 3.70. The smallest absolute Gasteiger partial charge is 0.325 e. The van der Waals surface area contributed by atoms with Gasteiger partial charge in [-0.1, -0.05) is 18.2 Å². The van der Waals surface area contributed by atoms with Gasteiger partial charge in [-0.05, 0) is 25.5 Å². The number of carboxylic acids is 1. The molecule has 0 aliphatic carbocycles. The van der Waals surface area contributed by atoms with E-state index in [0.29, 0.717) is 0 Å².